The van der Waals surface area contributed by atoms with E-state index in [4.69, 9.17) is 0 Å². The SMILES string of the molecule is CC(C)n1oc(=O)n(C)c1=O. The van der Waals surface area contributed by atoms with E-state index < -0.39 is 11.4 Å². The summed E-state index contributed by atoms with van der Waals surface area (Å²) in [7, 11) is 1.38. The van der Waals surface area contributed by atoms with Crippen LogP contribution in [0.4, 0.5) is 0 Å². The molecule has 1 rings (SSSR count). The second-order valence-corrected chi connectivity index (χ2v) is 2.62. The summed E-state index contributed by atoms with van der Waals surface area (Å²) in [5.41, 5.74) is -0.412. The van der Waals surface area contributed by atoms with Crippen LogP contribution in [-0.2, 0) is 7.05 Å². The van der Waals surface area contributed by atoms with Gasteiger partial charge in [-0.1, -0.05) is 0 Å². The van der Waals surface area contributed by atoms with Gasteiger partial charge in [0.25, 0.3) is 0 Å². The van der Waals surface area contributed by atoms with Crippen molar-refractivity contribution in [1.82, 2.24) is 9.31 Å². The Bertz CT molecular complexity index is 355. The molecular weight excluding hydrogens is 148 g/mol. The van der Waals surface area contributed by atoms with Crippen molar-refractivity contribution >= 4 is 0 Å². The van der Waals surface area contributed by atoms with Gasteiger partial charge in [-0.2, -0.15) is 0 Å². The molecule has 0 aliphatic carbocycles. The van der Waals surface area contributed by atoms with Crippen LogP contribution >= 0.6 is 0 Å². The molecule has 0 bridgehead atoms. The van der Waals surface area contributed by atoms with Crippen molar-refractivity contribution in [3.63, 3.8) is 0 Å². The number of hydrogen-bond donors (Lipinski definition) is 0. The summed E-state index contributed by atoms with van der Waals surface area (Å²) in [6, 6.07) is -0.114. The van der Waals surface area contributed by atoms with Gasteiger partial charge in [-0.05, 0) is 13.8 Å². The number of hydrogen-bond acceptors (Lipinski definition) is 3. The molecule has 5 nitrogen and oxygen atoms in total. The van der Waals surface area contributed by atoms with Crippen LogP contribution in [0, 0.1) is 0 Å². The van der Waals surface area contributed by atoms with Gasteiger partial charge >= 0.3 is 11.4 Å². The summed E-state index contributed by atoms with van der Waals surface area (Å²) in [6.07, 6.45) is 0. The number of aromatic nitrogens is 2. The molecule has 0 fully saturated rings. The average Bonchev–Trinajstić information content (AvgIpc) is 2.17. The molecule has 0 N–H and O–H groups in total. The molecule has 0 aliphatic heterocycles. The van der Waals surface area contributed by atoms with Crippen LogP contribution < -0.4 is 11.4 Å². The van der Waals surface area contributed by atoms with Gasteiger partial charge in [0.1, 0.15) is 0 Å². The van der Waals surface area contributed by atoms with Gasteiger partial charge in [-0.3, -0.25) is 0 Å². The van der Waals surface area contributed by atoms with Gasteiger partial charge in [0.2, 0.25) is 0 Å². The minimum Gasteiger partial charge on any atom is -0.317 e. The third kappa shape index (κ3) is 1.13. The quantitative estimate of drug-likeness (QED) is 0.564. The van der Waals surface area contributed by atoms with Gasteiger partial charge in [0.05, 0.1) is 6.04 Å². The standard InChI is InChI=1S/C6H10N2O3/c1-4(2)8-5(9)7(3)6(10)11-8/h4H,1-3H3. The smallest absolute Gasteiger partial charge is 0.317 e. The average molecular weight is 158 g/mol. The fraction of sp³-hybridized carbons (Fsp3) is 0.667. The molecule has 0 saturated heterocycles. The van der Waals surface area contributed by atoms with Crippen molar-refractivity contribution in [3.8, 4) is 0 Å². The Morgan fingerprint density at radius 3 is 2.09 bits per heavy atom. The minimum atomic E-state index is -0.622. The zero-order valence-electron chi connectivity index (χ0n) is 6.70. The molecule has 0 saturated carbocycles. The summed E-state index contributed by atoms with van der Waals surface area (Å²) in [6.45, 7) is 3.54. The van der Waals surface area contributed by atoms with Gasteiger partial charge in [-0.25, -0.2) is 14.2 Å². The van der Waals surface area contributed by atoms with E-state index in [1.807, 2.05) is 0 Å². The van der Waals surface area contributed by atoms with Crippen LogP contribution in [0.15, 0.2) is 14.1 Å². The zero-order chi connectivity index (χ0) is 8.59. The molecule has 1 aromatic rings. The Labute approximate surface area is 62.8 Å². The van der Waals surface area contributed by atoms with Crippen molar-refractivity contribution in [3.05, 3.63) is 21.0 Å². The van der Waals surface area contributed by atoms with Crippen LogP contribution in [0.25, 0.3) is 0 Å². The maximum absolute atomic E-state index is 11.1. The van der Waals surface area contributed by atoms with E-state index >= 15 is 0 Å². The van der Waals surface area contributed by atoms with Crippen LogP contribution in [0.2, 0.25) is 0 Å². The first-order valence-corrected chi connectivity index (χ1v) is 3.33. The number of rotatable bonds is 1. The molecule has 5 heteroatoms. The summed E-state index contributed by atoms with van der Waals surface area (Å²) in [5.74, 6) is -0.622. The first kappa shape index (κ1) is 7.84. The van der Waals surface area contributed by atoms with E-state index in [0.717, 1.165) is 9.31 Å². The molecule has 0 aliphatic rings. The number of nitrogens with zero attached hydrogens (tertiary/aromatic N) is 2. The van der Waals surface area contributed by atoms with E-state index in [9.17, 15) is 9.59 Å². The van der Waals surface area contributed by atoms with Gasteiger partial charge in [0, 0.05) is 7.05 Å². The molecule has 0 aromatic carbocycles. The van der Waals surface area contributed by atoms with Crippen molar-refractivity contribution < 1.29 is 4.52 Å². The Hall–Kier alpha value is -1.26. The van der Waals surface area contributed by atoms with Crippen LogP contribution in [-0.4, -0.2) is 9.31 Å². The summed E-state index contributed by atoms with van der Waals surface area (Å²) < 4.78 is 6.59. The largest absolute Gasteiger partial charge is 0.442 e. The van der Waals surface area contributed by atoms with E-state index in [1.54, 1.807) is 13.8 Å². The van der Waals surface area contributed by atoms with E-state index in [2.05, 4.69) is 4.52 Å². The molecule has 0 unspecified atom stereocenters. The molecular formula is C6H10N2O3. The fourth-order valence-electron chi connectivity index (χ4n) is 0.737. The van der Waals surface area contributed by atoms with Crippen LogP contribution in [0.5, 0.6) is 0 Å². The first-order chi connectivity index (χ1) is 5.04. The van der Waals surface area contributed by atoms with Crippen LogP contribution in [0.3, 0.4) is 0 Å². The highest BCUT2D eigenvalue weighted by Gasteiger charge is 2.09. The second kappa shape index (κ2) is 2.41. The maximum atomic E-state index is 11.1. The lowest BCUT2D eigenvalue weighted by Crippen LogP contribution is -2.26. The van der Waals surface area contributed by atoms with E-state index in [-0.39, 0.29) is 6.04 Å². The normalized spacial score (nSPS) is 10.9. The summed E-state index contributed by atoms with van der Waals surface area (Å²) in [4.78, 5) is 21.8. The predicted molar refractivity (Wildman–Crippen MR) is 38.6 cm³/mol. The Balaban J connectivity index is 3.43. The molecule has 0 atom stereocenters. The fourth-order valence-corrected chi connectivity index (χ4v) is 0.737. The first-order valence-electron chi connectivity index (χ1n) is 3.33. The lowest BCUT2D eigenvalue weighted by molar-refractivity contribution is 0.215. The highest BCUT2D eigenvalue weighted by molar-refractivity contribution is 4.64. The predicted octanol–water partition coefficient (Wildman–Crippen LogP) is -0.279. The van der Waals surface area contributed by atoms with E-state index in [0.29, 0.717) is 0 Å². The molecule has 1 heterocycles. The lowest BCUT2D eigenvalue weighted by atomic mass is 10.4. The third-order valence-corrected chi connectivity index (χ3v) is 1.39. The lowest BCUT2D eigenvalue weighted by Gasteiger charge is -1.98. The molecule has 1 aromatic heterocycles. The van der Waals surface area contributed by atoms with E-state index in [1.165, 1.54) is 7.05 Å². The molecule has 0 amide bonds. The van der Waals surface area contributed by atoms with Crippen LogP contribution in [0.1, 0.15) is 19.9 Å². The maximum Gasteiger partial charge on any atom is 0.442 e. The molecule has 0 radical (unpaired) electrons. The molecule has 0 spiro atoms. The second-order valence-electron chi connectivity index (χ2n) is 2.62. The van der Waals surface area contributed by atoms with Crippen molar-refractivity contribution in [2.24, 2.45) is 7.05 Å². The zero-order valence-corrected chi connectivity index (χ0v) is 6.70. The summed E-state index contributed by atoms with van der Waals surface area (Å²) >= 11 is 0. The van der Waals surface area contributed by atoms with Crippen molar-refractivity contribution in [1.29, 1.82) is 0 Å². The highest BCUT2D eigenvalue weighted by Crippen LogP contribution is 1.95. The molecule has 11 heavy (non-hydrogen) atoms. The third-order valence-electron chi connectivity index (χ3n) is 1.39. The van der Waals surface area contributed by atoms with Crippen molar-refractivity contribution in [2.75, 3.05) is 0 Å². The monoisotopic (exact) mass is 158 g/mol. The molecule has 62 valence electrons. The Kier molecular flexibility index (Phi) is 1.72. The topological polar surface area (TPSA) is 57.1 Å². The van der Waals surface area contributed by atoms with Gasteiger partial charge in [-0.15, -0.1) is 4.74 Å². The summed E-state index contributed by atoms with van der Waals surface area (Å²) in [5, 5.41) is 0. The minimum absolute atomic E-state index is 0.114. The van der Waals surface area contributed by atoms with Crippen molar-refractivity contribution in [2.45, 2.75) is 19.9 Å². The highest BCUT2D eigenvalue weighted by atomic mass is 16.5. The Morgan fingerprint density at radius 2 is 1.91 bits per heavy atom. The van der Waals surface area contributed by atoms with Gasteiger partial charge in [0.15, 0.2) is 0 Å². The van der Waals surface area contributed by atoms with Gasteiger partial charge < -0.3 is 4.52 Å². The Morgan fingerprint density at radius 1 is 1.36 bits per heavy atom.